The summed E-state index contributed by atoms with van der Waals surface area (Å²) in [7, 11) is 0. The zero-order valence-corrected chi connectivity index (χ0v) is 17.3. The van der Waals surface area contributed by atoms with Gasteiger partial charge in [0.1, 0.15) is 34.2 Å². The number of piperidine rings is 1. The third kappa shape index (κ3) is 4.66. The van der Waals surface area contributed by atoms with E-state index < -0.39 is 36.0 Å². The number of nitrogens with zero attached hydrogens (tertiary/aromatic N) is 4. The summed E-state index contributed by atoms with van der Waals surface area (Å²) in [5.74, 6) is -3.99. The van der Waals surface area contributed by atoms with Gasteiger partial charge in [-0.25, -0.2) is 28.5 Å². The van der Waals surface area contributed by atoms with Gasteiger partial charge in [0.25, 0.3) is 11.8 Å². The van der Waals surface area contributed by atoms with Gasteiger partial charge in [0, 0.05) is 13.0 Å². The van der Waals surface area contributed by atoms with Crippen LogP contribution < -0.4 is 11.1 Å². The molecule has 30 heavy (non-hydrogen) atoms. The third-order valence-corrected chi connectivity index (χ3v) is 4.61. The van der Waals surface area contributed by atoms with Gasteiger partial charge in [0.2, 0.25) is 0 Å². The molecule has 0 radical (unpaired) electrons. The van der Waals surface area contributed by atoms with Gasteiger partial charge >= 0.3 is 6.09 Å². The van der Waals surface area contributed by atoms with E-state index in [9.17, 15) is 18.4 Å². The molecule has 162 valence electrons. The Balaban J connectivity index is 1.92. The van der Waals surface area contributed by atoms with Crippen molar-refractivity contribution in [2.75, 3.05) is 18.4 Å². The van der Waals surface area contributed by atoms with Crippen molar-refractivity contribution in [1.29, 1.82) is 0 Å². The summed E-state index contributed by atoms with van der Waals surface area (Å²) < 4.78 is 34.5. The number of ether oxygens (including phenoxy) is 1. The van der Waals surface area contributed by atoms with Gasteiger partial charge in [-0.05, 0) is 26.8 Å². The maximum atomic E-state index is 14.6. The molecule has 3 heterocycles. The van der Waals surface area contributed by atoms with E-state index in [1.165, 1.54) is 11.0 Å². The lowest BCUT2D eigenvalue weighted by molar-refractivity contribution is -0.0683. The van der Waals surface area contributed by atoms with E-state index in [2.05, 4.69) is 20.3 Å². The lowest BCUT2D eigenvalue weighted by Crippen LogP contribution is -2.56. The molecule has 2 aromatic rings. The van der Waals surface area contributed by atoms with E-state index in [4.69, 9.17) is 22.1 Å². The molecule has 0 saturated carbocycles. The minimum atomic E-state index is -3.14. The standard InChI is InChI=1S/C18H21ClF2N6O3/c1-17(2,3)30-16(29)27-5-4-18(20,21)10(7-27)25-15-13-12(23-8-24-15)9(14(22)28)6-11(19)26-13/h6,8,10H,4-5,7H2,1-3H3,(H2,22,28)(H,23,24,25)/t10-/m1/s1. The number of fused-ring (bicyclic) bond motifs is 1. The van der Waals surface area contributed by atoms with E-state index in [0.29, 0.717) is 0 Å². The van der Waals surface area contributed by atoms with Gasteiger partial charge < -0.3 is 20.7 Å². The lowest BCUT2D eigenvalue weighted by atomic mass is 10.0. The first-order valence-electron chi connectivity index (χ1n) is 9.11. The van der Waals surface area contributed by atoms with Crippen molar-refractivity contribution in [3.63, 3.8) is 0 Å². The zero-order valence-electron chi connectivity index (χ0n) is 16.6. The molecule has 2 amide bonds. The van der Waals surface area contributed by atoms with E-state index in [-0.39, 0.29) is 40.7 Å². The Labute approximate surface area is 176 Å². The molecule has 1 aliphatic heterocycles. The number of pyridine rings is 1. The van der Waals surface area contributed by atoms with Crippen LogP contribution in [0.25, 0.3) is 11.0 Å². The maximum Gasteiger partial charge on any atom is 0.410 e. The zero-order chi connectivity index (χ0) is 22.3. The quantitative estimate of drug-likeness (QED) is 0.700. The van der Waals surface area contributed by atoms with Gasteiger partial charge in [-0.15, -0.1) is 0 Å². The number of anilines is 1. The van der Waals surface area contributed by atoms with Crippen LogP contribution in [0, 0.1) is 0 Å². The highest BCUT2D eigenvalue weighted by molar-refractivity contribution is 6.30. The maximum absolute atomic E-state index is 14.6. The largest absolute Gasteiger partial charge is 0.444 e. The van der Waals surface area contributed by atoms with Crippen LogP contribution in [0.5, 0.6) is 0 Å². The number of alkyl halides is 2. The predicted molar refractivity (Wildman–Crippen MR) is 106 cm³/mol. The number of likely N-dealkylation sites (tertiary alicyclic amines) is 1. The van der Waals surface area contributed by atoms with Gasteiger partial charge in [0.15, 0.2) is 5.82 Å². The van der Waals surface area contributed by atoms with Crippen LogP contribution in [0.3, 0.4) is 0 Å². The number of nitrogens with one attached hydrogen (secondary N) is 1. The van der Waals surface area contributed by atoms with Crippen LogP contribution in [0.2, 0.25) is 5.15 Å². The molecule has 9 nitrogen and oxygen atoms in total. The summed E-state index contributed by atoms with van der Waals surface area (Å²) in [6.45, 7) is 4.60. The lowest BCUT2D eigenvalue weighted by Gasteiger charge is -2.39. The summed E-state index contributed by atoms with van der Waals surface area (Å²) >= 11 is 5.95. The Bertz CT molecular complexity index is 998. The minimum Gasteiger partial charge on any atom is -0.444 e. The Morgan fingerprint density at radius 3 is 2.67 bits per heavy atom. The first kappa shape index (κ1) is 21.9. The molecule has 0 bridgehead atoms. The normalized spacial score (nSPS) is 18.9. The topological polar surface area (TPSA) is 123 Å². The second-order valence-electron chi connectivity index (χ2n) is 7.91. The molecule has 0 unspecified atom stereocenters. The predicted octanol–water partition coefficient (Wildman–Crippen LogP) is 2.83. The highest BCUT2D eigenvalue weighted by Crippen LogP contribution is 2.33. The average Bonchev–Trinajstić information content (AvgIpc) is 2.61. The first-order valence-corrected chi connectivity index (χ1v) is 9.48. The highest BCUT2D eigenvalue weighted by atomic mass is 35.5. The number of rotatable bonds is 3. The fourth-order valence-corrected chi connectivity index (χ4v) is 3.21. The monoisotopic (exact) mass is 442 g/mol. The van der Waals surface area contributed by atoms with Crippen molar-refractivity contribution >= 4 is 40.5 Å². The minimum absolute atomic E-state index is 0.0127. The number of halogens is 3. The van der Waals surface area contributed by atoms with Crippen LogP contribution in [0.1, 0.15) is 37.6 Å². The summed E-state index contributed by atoms with van der Waals surface area (Å²) in [6.07, 6.45) is -0.151. The second-order valence-corrected chi connectivity index (χ2v) is 8.30. The Morgan fingerprint density at radius 1 is 1.33 bits per heavy atom. The van der Waals surface area contributed by atoms with Crippen molar-refractivity contribution in [3.8, 4) is 0 Å². The van der Waals surface area contributed by atoms with Gasteiger partial charge in [0.05, 0.1) is 12.1 Å². The third-order valence-electron chi connectivity index (χ3n) is 4.42. The van der Waals surface area contributed by atoms with Gasteiger partial charge in [-0.1, -0.05) is 11.6 Å². The van der Waals surface area contributed by atoms with Crippen molar-refractivity contribution in [2.45, 2.75) is 44.8 Å². The molecular weight excluding hydrogens is 422 g/mol. The molecule has 1 fully saturated rings. The van der Waals surface area contributed by atoms with Crippen LogP contribution in [0.15, 0.2) is 12.4 Å². The molecule has 1 atom stereocenters. The molecule has 1 saturated heterocycles. The number of aromatic nitrogens is 3. The van der Waals surface area contributed by atoms with Crippen LogP contribution in [-0.2, 0) is 4.74 Å². The van der Waals surface area contributed by atoms with E-state index in [1.807, 2.05) is 0 Å². The first-order chi connectivity index (χ1) is 13.9. The SMILES string of the molecule is CC(C)(C)OC(=O)N1CCC(F)(F)[C@H](Nc2ncnc3c(C(N)=O)cc(Cl)nc23)C1. The number of primary amides is 1. The number of carbonyl (C=O) groups is 2. The van der Waals surface area contributed by atoms with Crippen molar-refractivity contribution in [2.24, 2.45) is 5.73 Å². The average molecular weight is 443 g/mol. The van der Waals surface area contributed by atoms with Gasteiger partial charge in [-0.2, -0.15) is 0 Å². The van der Waals surface area contributed by atoms with E-state index >= 15 is 0 Å². The van der Waals surface area contributed by atoms with Crippen LogP contribution in [0.4, 0.5) is 19.4 Å². The number of hydrogen-bond donors (Lipinski definition) is 2. The molecule has 12 heteroatoms. The van der Waals surface area contributed by atoms with Crippen molar-refractivity contribution in [1.82, 2.24) is 19.9 Å². The molecule has 0 aromatic carbocycles. The van der Waals surface area contributed by atoms with Crippen LogP contribution in [-0.4, -0.2) is 62.5 Å². The van der Waals surface area contributed by atoms with E-state index in [0.717, 1.165) is 6.33 Å². The molecule has 2 aromatic heterocycles. The Hall–Kier alpha value is -2.82. The fourth-order valence-electron chi connectivity index (χ4n) is 3.01. The van der Waals surface area contributed by atoms with Crippen LogP contribution >= 0.6 is 11.6 Å². The molecule has 3 rings (SSSR count). The molecular formula is C18H21ClF2N6O3. The summed E-state index contributed by atoms with van der Waals surface area (Å²) in [4.78, 5) is 37.2. The number of amides is 2. The van der Waals surface area contributed by atoms with Crippen molar-refractivity contribution < 1.29 is 23.1 Å². The van der Waals surface area contributed by atoms with Crippen molar-refractivity contribution in [3.05, 3.63) is 23.1 Å². The number of carbonyl (C=O) groups excluding carboxylic acids is 2. The summed E-state index contributed by atoms with van der Waals surface area (Å²) in [5, 5.41) is 2.56. The second kappa shape index (κ2) is 7.78. The fraction of sp³-hybridized carbons (Fsp3) is 0.500. The summed E-state index contributed by atoms with van der Waals surface area (Å²) in [5.41, 5.74) is 4.67. The Morgan fingerprint density at radius 2 is 2.03 bits per heavy atom. The number of hydrogen-bond acceptors (Lipinski definition) is 7. The highest BCUT2D eigenvalue weighted by Gasteiger charge is 2.46. The van der Waals surface area contributed by atoms with Gasteiger partial charge in [-0.3, -0.25) is 4.79 Å². The van der Waals surface area contributed by atoms with E-state index in [1.54, 1.807) is 20.8 Å². The smallest absolute Gasteiger partial charge is 0.410 e. The molecule has 3 N–H and O–H groups in total. The summed E-state index contributed by atoms with van der Waals surface area (Å²) in [6, 6.07) is -0.239. The molecule has 1 aliphatic rings. The Kier molecular flexibility index (Phi) is 5.68. The number of nitrogens with two attached hydrogens (primary N) is 1. The molecule has 0 spiro atoms. The molecule has 0 aliphatic carbocycles.